The van der Waals surface area contributed by atoms with Crippen LogP contribution in [0.3, 0.4) is 0 Å². The van der Waals surface area contributed by atoms with E-state index in [0.29, 0.717) is 18.0 Å². The SMILES string of the molecule is CC(CCN(C)C(=O)c1ccc(F)cc1)Cn1ccc2nc(-c3cn[nH]c3)ccc21. The van der Waals surface area contributed by atoms with Gasteiger partial charge in [-0.3, -0.25) is 9.89 Å². The van der Waals surface area contributed by atoms with Gasteiger partial charge in [0.25, 0.3) is 5.91 Å². The molecule has 1 unspecified atom stereocenters. The summed E-state index contributed by atoms with van der Waals surface area (Å²) in [7, 11) is 1.78. The number of aromatic nitrogens is 4. The fraction of sp³-hybridized carbons (Fsp3) is 0.261. The van der Waals surface area contributed by atoms with Crippen LogP contribution in [0.2, 0.25) is 0 Å². The molecule has 0 radical (unpaired) electrons. The van der Waals surface area contributed by atoms with Gasteiger partial charge in [0.1, 0.15) is 5.82 Å². The van der Waals surface area contributed by atoms with Crippen LogP contribution >= 0.6 is 0 Å². The van der Waals surface area contributed by atoms with E-state index >= 15 is 0 Å². The molecular formula is C23H24FN5O. The van der Waals surface area contributed by atoms with E-state index in [1.807, 2.05) is 18.3 Å². The molecule has 0 fully saturated rings. The van der Waals surface area contributed by atoms with Crippen LogP contribution in [0.15, 0.2) is 61.1 Å². The molecule has 30 heavy (non-hydrogen) atoms. The van der Waals surface area contributed by atoms with Crippen molar-refractivity contribution < 1.29 is 9.18 Å². The summed E-state index contributed by atoms with van der Waals surface area (Å²) < 4.78 is 15.3. The van der Waals surface area contributed by atoms with Crippen molar-refractivity contribution in [1.29, 1.82) is 0 Å². The van der Waals surface area contributed by atoms with Gasteiger partial charge in [-0.05, 0) is 54.8 Å². The molecule has 1 N–H and O–H groups in total. The Hall–Kier alpha value is -3.48. The average Bonchev–Trinajstić information content (AvgIpc) is 3.42. The van der Waals surface area contributed by atoms with E-state index in [4.69, 9.17) is 4.98 Å². The highest BCUT2D eigenvalue weighted by Gasteiger charge is 2.14. The number of hydrogen-bond acceptors (Lipinski definition) is 3. The second-order valence-electron chi connectivity index (χ2n) is 7.68. The third-order valence-corrected chi connectivity index (χ3v) is 5.32. The predicted octanol–water partition coefficient (Wildman–Crippen LogP) is 4.36. The van der Waals surface area contributed by atoms with Crippen LogP contribution in [-0.4, -0.2) is 44.1 Å². The van der Waals surface area contributed by atoms with E-state index in [1.54, 1.807) is 18.1 Å². The minimum absolute atomic E-state index is 0.0930. The third kappa shape index (κ3) is 4.25. The lowest BCUT2D eigenvalue weighted by Gasteiger charge is -2.20. The van der Waals surface area contributed by atoms with Gasteiger partial charge in [-0.1, -0.05) is 6.92 Å². The maximum Gasteiger partial charge on any atom is 0.253 e. The molecular weight excluding hydrogens is 381 g/mol. The van der Waals surface area contributed by atoms with Gasteiger partial charge in [0.2, 0.25) is 0 Å². The number of benzene rings is 1. The van der Waals surface area contributed by atoms with E-state index in [1.165, 1.54) is 24.3 Å². The van der Waals surface area contributed by atoms with Crippen LogP contribution in [-0.2, 0) is 6.54 Å². The van der Waals surface area contributed by atoms with Crippen molar-refractivity contribution in [3.63, 3.8) is 0 Å². The molecule has 0 saturated carbocycles. The van der Waals surface area contributed by atoms with Crippen molar-refractivity contribution in [3.05, 3.63) is 72.4 Å². The Morgan fingerprint density at radius 3 is 2.73 bits per heavy atom. The maximum absolute atomic E-state index is 13.1. The molecule has 0 aliphatic carbocycles. The highest BCUT2D eigenvalue weighted by atomic mass is 19.1. The molecule has 1 amide bonds. The van der Waals surface area contributed by atoms with Gasteiger partial charge < -0.3 is 9.47 Å². The Kier molecular flexibility index (Phi) is 5.61. The normalized spacial score (nSPS) is 12.2. The standard InChI is InChI=1S/C23H24FN5O/c1-16(9-11-28(2)23(30)17-3-5-19(24)6-4-17)15-29-12-10-21-22(29)8-7-20(27-21)18-13-25-26-14-18/h3-8,10,12-14,16H,9,11,15H2,1-2H3,(H,25,26). The number of amides is 1. The number of hydrogen-bond donors (Lipinski definition) is 1. The van der Waals surface area contributed by atoms with E-state index < -0.39 is 0 Å². The zero-order valence-electron chi connectivity index (χ0n) is 17.0. The number of carbonyl (C=O) groups is 1. The van der Waals surface area contributed by atoms with Gasteiger partial charge >= 0.3 is 0 Å². The summed E-state index contributed by atoms with van der Waals surface area (Å²) in [5, 5.41) is 6.79. The number of halogens is 1. The molecule has 0 aliphatic heterocycles. The Morgan fingerprint density at radius 2 is 2.00 bits per heavy atom. The minimum atomic E-state index is -0.340. The number of fused-ring (bicyclic) bond motifs is 1. The first-order valence-electron chi connectivity index (χ1n) is 9.97. The van der Waals surface area contributed by atoms with Gasteiger partial charge in [-0.25, -0.2) is 9.37 Å². The summed E-state index contributed by atoms with van der Waals surface area (Å²) >= 11 is 0. The number of H-pyrrole nitrogens is 1. The summed E-state index contributed by atoms with van der Waals surface area (Å²) in [5.74, 6) is -0.0599. The molecule has 154 valence electrons. The first kappa shape index (κ1) is 19.8. The number of nitrogens with zero attached hydrogens (tertiary/aromatic N) is 4. The fourth-order valence-electron chi connectivity index (χ4n) is 3.54. The van der Waals surface area contributed by atoms with Crippen molar-refractivity contribution in [2.75, 3.05) is 13.6 Å². The number of aromatic amines is 1. The molecule has 4 rings (SSSR count). The van der Waals surface area contributed by atoms with Crippen molar-refractivity contribution in [1.82, 2.24) is 24.6 Å². The Balaban J connectivity index is 1.36. The second kappa shape index (κ2) is 8.49. The first-order chi connectivity index (χ1) is 14.5. The average molecular weight is 405 g/mol. The Labute approximate surface area is 174 Å². The van der Waals surface area contributed by atoms with E-state index in [2.05, 4.69) is 34.0 Å². The second-order valence-corrected chi connectivity index (χ2v) is 7.68. The van der Waals surface area contributed by atoms with Crippen LogP contribution in [0.4, 0.5) is 4.39 Å². The number of rotatable bonds is 7. The van der Waals surface area contributed by atoms with Gasteiger partial charge in [0.05, 0.1) is 22.9 Å². The van der Waals surface area contributed by atoms with Crippen molar-refractivity contribution >= 4 is 16.9 Å². The van der Waals surface area contributed by atoms with E-state index in [0.717, 1.165) is 35.3 Å². The molecule has 1 atom stereocenters. The third-order valence-electron chi connectivity index (χ3n) is 5.32. The molecule has 3 heterocycles. The van der Waals surface area contributed by atoms with Crippen molar-refractivity contribution in [3.8, 4) is 11.3 Å². The molecule has 0 saturated heterocycles. The van der Waals surface area contributed by atoms with Gasteiger partial charge in [0.15, 0.2) is 0 Å². The summed E-state index contributed by atoms with van der Waals surface area (Å²) in [4.78, 5) is 18.9. The zero-order chi connectivity index (χ0) is 21.1. The van der Waals surface area contributed by atoms with Crippen molar-refractivity contribution in [2.24, 2.45) is 5.92 Å². The number of carbonyl (C=O) groups excluding carboxylic acids is 1. The molecule has 7 heteroatoms. The smallest absolute Gasteiger partial charge is 0.253 e. The number of nitrogens with one attached hydrogen (secondary N) is 1. The molecule has 0 spiro atoms. The monoisotopic (exact) mass is 405 g/mol. The van der Waals surface area contributed by atoms with Gasteiger partial charge in [-0.2, -0.15) is 5.10 Å². The highest BCUT2D eigenvalue weighted by Crippen LogP contribution is 2.22. The Bertz CT molecular complexity index is 1130. The summed E-state index contributed by atoms with van der Waals surface area (Å²) in [6.07, 6.45) is 6.51. The lowest BCUT2D eigenvalue weighted by Crippen LogP contribution is -2.29. The highest BCUT2D eigenvalue weighted by molar-refractivity contribution is 5.94. The lowest BCUT2D eigenvalue weighted by atomic mass is 10.1. The molecule has 1 aromatic carbocycles. The quantitative estimate of drug-likeness (QED) is 0.497. The minimum Gasteiger partial charge on any atom is -0.346 e. The summed E-state index contributed by atoms with van der Waals surface area (Å²) in [6.45, 7) is 3.66. The van der Waals surface area contributed by atoms with Crippen LogP contribution in [0.1, 0.15) is 23.7 Å². The zero-order valence-corrected chi connectivity index (χ0v) is 17.0. The van der Waals surface area contributed by atoms with E-state index in [-0.39, 0.29) is 11.7 Å². The fourth-order valence-corrected chi connectivity index (χ4v) is 3.54. The van der Waals surface area contributed by atoms with Gasteiger partial charge in [0, 0.05) is 43.7 Å². The lowest BCUT2D eigenvalue weighted by molar-refractivity contribution is 0.0787. The van der Waals surface area contributed by atoms with Gasteiger partial charge in [-0.15, -0.1) is 0 Å². The van der Waals surface area contributed by atoms with E-state index in [9.17, 15) is 9.18 Å². The topological polar surface area (TPSA) is 66.8 Å². The summed E-state index contributed by atoms with van der Waals surface area (Å²) in [6, 6.07) is 11.8. The number of pyridine rings is 1. The molecule has 0 aliphatic rings. The Morgan fingerprint density at radius 1 is 1.20 bits per heavy atom. The van der Waals surface area contributed by atoms with Crippen LogP contribution in [0.5, 0.6) is 0 Å². The van der Waals surface area contributed by atoms with Crippen LogP contribution < -0.4 is 0 Å². The molecule has 4 aromatic rings. The first-order valence-corrected chi connectivity index (χ1v) is 9.97. The van der Waals surface area contributed by atoms with Crippen LogP contribution in [0.25, 0.3) is 22.3 Å². The molecule has 3 aromatic heterocycles. The largest absolute Gasteiger partial charge is 0.346 e. The summed E-state index contributed by atoms with van der Waals surface area (Å²) in [5.41, 5.74) is 4.40. The van der Waals surface area contributed by atoms with Crippen molar-refractivity contribution in [2.45, 2.75) is 19.9 Å². The predicted molar refractivity (Wildman–Crippen MR) is 114 cm³/mol. The molecule has 0 bridgehead atoms. The van der Waals surface area contributed by atoms with Crippen LogP contribution in [0, 0.1) is 11.7 Å². The molecule has 6 nitrogen and oxygen atoms in total. The maximum atomic E-state index is 13.1.